The van der Waals surface area contributed by atoms with Crippen molar-refractivity contribution in [2.75, 3.05) is 11.1 Å². The lowest BCUT2D eigenvalue weighted by Crippen LogP contribution is -2.04. The van der Waals surface area contributed by atoms with Gasteiger partial charge in [0.1, 0.15) is 17.5 Å². The molecular weight excluding hydrogens is 257 g/mol. The van der Waals surface area contributed by atoms with E-state index in [1.807, 2.05) is 6.92 Å². The van der Waals surface area contributed by atoms with E-state index >= 15 is 0 Å². The second-order valence-corrected chi connectivity index (χ2v) is 3.80. The molecule has 0 aliphatic carbocycles. The molecule has 1 aromatic heterocycles. The molecule has 19 heavy (non-hydrogen) atoms. The van der Waals surface area contributed by atoms with E-state index < -0.39 is 17.5 Å². The Balaban J connectivity index is 2.36. The zero-order valence-corrected chi connectivity index (χ0v) is 10.0. The van der Waals surface area contributed by atoms with Gasteiger partial charge in [-0.05, 0) is 12.1 Å². The Kier molecular flexibility index (Phi) is 3.55. The summed E-state index contributed by atoms with van der Waals surface area (Å²) in [6.45, 7) is 1.83. The third kappa shape index (κ3) is 2.75. The fourth-order valence-electron chi connectivity index (χ4n) is 1.50. The number of hydrogen-bond acceptors (Lipinski definition) is 4. The van der Waals surface area contributed by atoms with E-state index in [1.54, 1.807) is 0 Å². The van der Waals surface area contributed by atoms with Gasteiger partial charge < -0.3 is 11.1 Å². The number of nitrogens with two attached hydrogens (primary N) is 1. The summed E-state index contributed by atoms with van der Waals surface area (Å²) in [4.78, 5) is 8.00. The molecule has 0 bridgehead atoms. The molecule has 4 nitrogen and oxygen atoms in total. The number of aromatic nitrogens is 2. The summed E-state index contributed by atoms with van der Waals surface area (Å²) in [5.41, 5.74) is 5.34. The number of aryl methyl sites for hydroxylation is 1. The summed E-state index contributed by atoms with van der Waals surface area (Å²) < 4.78 is 39.3. The smallest absolute Gasteiger partial charge is 0.196 e. The van der Waals surface area contributed by atoms with Gasteiger partial charge in [-0.1, -0.05) is 6.92 Å². The fourth-order valence-corrected chi connectivity index (χ4v) is 1.50. The third-order valence-corrected chi connectivity index (χ3v) is 2.41. The Bertz CT molecular complexity index is 616. The molecule has 2 rings (SSSR count). The van der Waals surface area contributed by atoms with Crippen LogP contribution < -0.4 is 11.1 Å². The van der Waals surface area contributed by atoms with Crippen molar-refractivity contribution in [3.63, 3.8) is 0 Å². The van der Waals surface area contributed by atoms with Crippen LogP contribution in [-0.4, -0.2) is 9.97 Å². The lowest BCUT2D eigenvalue weighted by atomic mass is 10.2. The first-order valence-electron chi connectivity index (χ1n) is 5.55. The van der Waals surface area contributed by atoms with Crippen LogP contribution in [0.2, 0.25) is 0 Å². The Morgan fingerprint density at radius 2 is 1.89 bits per heavy atom. The van der Waals surface area contributed by atoms with Gasteiger partial charge in [0, 0.05) is 12.5 Å². The molecule has 0 spiro atoms. The fraction of sp³-hybridized carbons (Fsp3) is 0.167. The molecule has 0 unspecified atom stereocenters. The molecule has 0 radical (unpaired) electrons. The predicted octanol–water partition coefficient (Wildman–Crippen LogP) is 2.78. The van der Waals surface area contributed by atoms with Crippen molar-refractivity contribution in [1.82, 2.24) is 9.97 Å². The standard InChI is InChI=1S/C12H11F3N4/c1-2-9-18-8(16)5-10(19-9)17-7-4-3-6(13)11(14)12(7)15/h3-5H,2H2,1H3,(H3,16,17,18,19). The average Bonchev–Trinajstić information content (AvgIpc) is 2.39. The van der Waals surface area contributed by atoms with E-state index in [0.717, 1.165) is 12.1 Å². The first-order chi connectivity index (χ1) is 9.01. The van der Waals surface area contributed by atoms with E-state index in [9.17, 15) is 13.2 Å². The number of nitrogens with one attached hydrogen (secondary N) is 1. The summed E-state index contributed by atoms with van der Waals surface area (Å²) in [7, 11) is 0. The van der Waals surface area contributed by atoms with Crippen molar-refractivity contribution in [2.24, 2.45) is 0 Å². The summed E-state index contributed by atoms with van der Waals surface area (Å²) in [6, 6.07) is 3.28. The summed E-state index contributed by atoms with van der Waals surface area (Å²) in [6.07, 6.45) is 0.542. The molecule has 0 atom stereocenters. The first kappa shape index (κ1) is 13.1. The topological polar surface area (TPSA) is 63.8 Å². The van der Waals surface area contributed by atoms with Crippen LogP contribution in [-0.2, 0) is 6.42 Å². The van der Waals surface area contributed by atoms with Gasteiger partial charge in [0.25, 0.3) is 0 Å². The van der Waals surface area contributed by atoms with Crippen LogP contribution in [0.25, 0.3) is 0 Å². The highest BCUT2D eigenvalue weighted by Gasteiger charge is 2.14. The molecule has 1 heterocycles. The monoisotopic (exact) mass is 268 g/mol. The van der Waals surface area contributed by atoms with Crippen LogP contribution in [0.15, 0.2) is 18.2 Å². The van der Waals surface area contributed by atoms with Crippen LogP contribution in [0.3, 0.4) is 0 Å². The molecule has 0 aliphatic heterocycles. The van der Waals surface area contributed by atoms with E-state index in [0.29, 0.717) is 12.2 Å². The minimum absolute atomic E-state index is 0.206. The van der Waals surface area contributed by atoms with Gasteiger partial charge in [-0.3, -0.25) is 0 Å². The quantitative estimate of drug-likeness (QED) is 0.840. The lowest BCUT2D eigenvalue weighted by Gasteiger charge is -2.09. The Labute approximate surface area is 107 Å². The maximum Gasteiger partial charge on any atom is 0.196 e. The number of anilines is 3. The van der Waals surface area contributed by atoms with E-state index in [4.69, 9.17) is 5.73 Å². The number of hydrogen-bond donors (Lipinski definition) is 2. The van der Waals surface area contributed by atoms with Gasteiger partial charge in [-0.25, -0.2) is 23.1 Å². The van der Waals surface area contributed by atoms with Crippen molar-refractivity contribution in [3.8, 4) is 0 Å². The zero-order chi connectivity index (χ0) is 14.0. The Morgan fingerprint density at radius 3 is 2.58 bits per heavy atom. The molecule has 0 saturated heterocycles. The summed E-state index contributed by atoms with van der Waals surface area (Å²) in [5, 5.41) is 2.54. The molecule has 3 N–H and O–H groups in total. The van der Waals surface area contributed by atoms with Crippen molar-refractivity contribution >= 4 is 17.3 Å². The average molecular weight is 268 g/mol. The van der Waals surface area contributed by atoms with E-state index in [2.05, 4.69) is 15.3 Å². The molecule has 1 aromatic carbocycles. The molecule has 0 aliphatic rings. The highest BCUT2D eigenvalue weighted by atomic mass is 19.2. The van der Waals surface area contributed by atoms with Gasteiger partial charge in [-0.2, -0.15) is 0 Å². The lowest BCUT2D eigenvalue weighted by molar-refractivity contribution is 0.449. The number of nitrogen functional groups attached to an aromatic ring is 1. The summed E-state index contributed by atoms with van der Waals surface area (Å²) in [5.74, 6) is -3.21. The summed E-state index contributed by atoms with van der Waals surface area (Å²) >= 11 is 0. The van der Waals surface area contributed by atoms with Crippen LogP contribution in [0, 0.1) is 17.5 Å². The van der Waals surface area contributed by atoms with Crippen molar-refractivity contribution in [3.05, 3.63) is 41.5 Å². The highest BCUT2D eigenvalue weighted by molar-refractivity contribution is 5.59. The number of benzene rings is 1. The van der Waals surface area contributed by atoms with Gasteiger partial charge in [0.15, 0.2) is 17.5 Å². The maximum atomic E-state index is 13.5. The minimum Gasteiger partial charge on any atom is -0.384 e. The normalized spacial score (nSPS) is 10.5. The largest absolute Gasteiger partial charge is 0.384 e. The maximum absolute atomic E-state index is 13.5. The molecule has 100 valence electrons. The number of nitrogens with zero attached hydrogens (tertiary/aromatic N) is 2. The van der Waals surface area contributed by atoms with Crippen molar-refractivity contribution in [1.29, 1.82) is 0 Å². The van der Waals surface area contributed by atoms with Crippen molar-refractivity contribution < 1.29 is 13.2 Å². The van der Waals surface area contributed by atoms with E-state index in [1.165, 1.54) is 6.07 Å². The van der Waals surface area contributed by atoms with Gasteiger partial charge >= 0.3 is 0 Å². The van der Waals surface area contributed by atoms with Crippen LogP contribution in [0.4, 0.5) is 30.5 Å². The van der Waals surface area contributed by atoms with Crippen LogP contribution >= 0.6 is 0 Å². The van der Waals surface area contributed by atoms with Crippen LogP contribution in [0.5, 0.6) is 0 Å². The molecule has 0 saturated carbocycles. The minimum atomic E-state index is -1.54. The number of halogens is 3. The van der Waals surface area contributed by atoms with Crippen molar-refractivity contribution in [2.45, 2.75) is 13.3 Å². The van der Waals surface area contributed by atoms with Crippen LogP contribution in [0.1, 0.15) is 12.7 Å². The molecule has 2 aromatic rings. The van der Waals surface area contributed by atoms with Gasteiger partial charge in [-0.15, -0.1) is 0 Å². The highest BCUT2D eigenvalue weighted by Crippen LogP contribution is 2.23. The third-order valence-electron chi connectivity index (χ3n) is 2.41. The molecular formula is C12H11F3N4. The predicted molar refractivity (Wildman–Crippen MR) is 65.4 cm³/mol. The first-order valence-corrected chi connectivity index (χ1v) is 5.55. The molecule has 0 amide bonds. The van der Waals surface area contributed by atoms with E-state index in [-0.39, 0.29) is 17.3 Å². The molecule has 7 heteroatoms. The SMILES string of the molecule is CCc1nc(N)cc(Nc2ccc(F)c(F)c2F)n1. The second kappa shape index (κ2) is 5.13. The Morgan fingerprint density at radius 1 is 1.16 bits per heavy atom. The number of rotatable bonds is 3. The molecule has 0 fully saturated rings. The Hall–Kier alpha value is -2.31. The second-order valence-electron chi connectivity index (χ2n) is 3.80. The zero-order valence-electron chi connectivity index (χ0n) is 10.0. The van der Waals surface area contributed by atoms with Gasteiger partial charge in [0.05, 0.1) is 5.69 Å². The van der Waals surface area contributed by atoms with Gasteiger partial charge in [0.2, 0.25) is 0 Å².